The van der Waals surface area contributed by atoms with Crippen molar-refractivity contribution < 1.29 is 77.8 Å². The Balaban J connectivity index is 1.69. The number of benzene rings is 6. The quantitative estimate of drug-likeness (QED) is 0.0623. The maximum absolute atomic E-state index is 13.2. The van der Waals surface area contributed by atoms with Gasteiger partial charge in [0.25, 0.3) is 60.7 Å². The second-order valence-corrected chi connectivity index (χ2v) is 26.5. The molecule has 0 spiro atoms. The monoisotopic (exact) mass is 1030 g/mol. The Morgan fingerprint density at radius 3 is 0.766 bits per heavy atom. The Morgan fingerprint density at radius 1 is 0.312 bits per heavy atom. The molecule has 64 heavy (non-hydrogen) atoms. The summed E-state index contributed by atoms with van der Waals surface area (Å²) in [6.45, 7) is 0. The molecule has 0 aliphatic carbocycles. The van der Waals surface area contributed by atoms with Gasteiger partial charge in [-0.15, -0.1) is 0 Å². The minimum Gasteiger partial charge on any atom is -0.282 e. The second-order valence-electron chi connectivity index (χ2n) is 13.6. The fourth-order valence-electron chi connectivity index (χ4n) is 6.67. The largest absolute Gasteiger partial charge is 0.294 e. The molecule has 6 N–H and O–H groups in total. The van der Waals surface area contributed by atoms with Gasteiger partial charge in [0.2, 0.25) is 0 Å². The van der Waals surface area contributed by atoms with Crippen LogP contribution in [0.3, 0.4) is 0 Å². The Bertz CT molecular complexity index is 3140. The van der Waals surface area contributed by atoms with E-state index in [0.29, 0.717) is 0 Å². The molecule has 6 aromatic rings. The van der Waals surface area contributed by atoms with Crippen LogP contribution in [0.15, 0.2) is 163 Å². The molecule has 0 saturated carbocycles. The van der Waals surface area contributed by atoms with Crippen molar-refractivity contribution in [3.8, 4) is 11.1 Å². The molecule has 0 aromatic heterocycles. The summed E-state index contributed by atoms with van der Waals surface area (Å²) in [5.41, 5.74) is -0.808. The van der Waals surface area contributed by atoms with Crippen LogP contribution in [0.1, 0.15) is 11.1 Å². The van der Waals surface area contributed by atoms with Crippen LogP contribution < -0.4 is 21.2 Å². The minimum absolute atomic E-state index is 0.0848. The van der Waals surface area contributed by atoms with Crippen molar-refractivity contribution in [1.29, 1.82) is 0 Å². The van der Waals surface area contributed by atoms with Gasteiger partial charge in [0.05, 0.1) is 29.4 Å². The Kier molecular flexibility index (Phi) is 13.9. The lowest BCUT2D eigenvalue weighted by molar-refractivity contribution is 0.480. The summed E-state index contributed by atoms with van der Waals surface area (Å²) in [5.74, 6) is 0. The maximum atomic E-state index is 13.2. The smallest absolute Gasteiger partial charge is 0.282 e. The molecule has 0 radical (unpaired) electrons. The van der Waals surface area contributed by atoms with Gasteiger partial charge >= 0.3 is 0 Å². The molecule has 0 fully saturated rings. The average molecular weight is 1030 g/mol. The van der Waals surface area contributed by atoms with E-state index in [1.165, 1.54) is 72.8 Å². The van der Waals surface area contributed by atoms with Crippen LogP contribution in [0.2, 0.25) is 0 Å². The third-order valence-corrected chi connectivity index (χ3v) is 19.6. The molecule has 0 bridgehead atoms. The zero-order valence-corrected chi connectivity index (χ0v) is 38.7. The van der Waals surface area contributed by atoms with Gasteiger partial charge in [-0.2, -0.15) is 50.5 Å². The third kappa shape index (κ3) is 11.4. The highest BCUT2D eigenvalue weighted by Crippen LogP contribution is 2.47. The highest BCUT2D eigenvalue weighted by molar-refractivity contribution is 7.87. The van der Waals surface area contributed by atoms with E-state index in [2.05, 4.69) is 0 Å². The van der Waals surface area contributed by atoms with Crippen LogP contribution in [0, 0.1) is 0 Å². The van der Waals surface area contributed by atoms with Gasteiger partial charge in [-0.25, -0.2) is 0 Å². The van der Waals surface area contributed by atoms with E-state index in [1.807, 2.05) is 0 Å². The van der Waals surface area contributed by atoms with Gasteiger partial charge in [0, 0.05) is 12.3 Å². The van der Waals surface area contributed by atoms with Crippen molar-refractivity contribution in [2.45, 2.75) is 41.7 Å². The van der Waals surface area contributed by atoms with Crippen LogP contribution in [-0.2, 0) is 73.0 Å². The normalized spacial score (nSPS) is 13.1. The van der Waals surface area contributed by atoms with E-state index < -0.39 is 118 Å². The highest BCUT2D eigenvalue weighted by Gasteiger charge is 2.30. The molecular formula is C38H32O18P2S6. The first kappa shape index (κ1) is 49.1. The molecule has 0 saturated heterocycles. The molecule has 0 atom stereocenters. The summed E-state index contributed by atoms with van der Waals surface area (Å²) in [5, 5.41) is 0.339. The average Bonchev–Trinajstić information content (AvgIpc) is 3.20. The van der Waals surface area contributed by atoms with Crippen LogP contribution in [0.4, 0.5) is 0 Å². The number of hydrogen-bond acceptors (Lipinski definition) is 12. The van der Waals surface area contributed by atoms with Crippen molar-refractivity contribution in [1.82, 2.24) is 0 Å². The Morgan fingerprint density at radius 2 is 0.547 bits per heavy atom. The first-order chi connectivity index (χ1) is 29.5. The lowest BCUT2D eigenvalue weighted by Gasteiger charge is -2.26. The highest BCUT2D eigenvalue weighted by atomic mass is 32.2. The van der Waals surface area contributed by atoms with Gasteiger partial charge in [0.1, 0.15) is 0 Å². The predicted octanol–water partition coefficient (Wildman–Crippen LogP) is 4.10. The molecule has 0 unspecified atom stereocenters. The van der Waals surface area contributed by atoms with Crippen molar-refractivity contribution in [3.05, 3.63) is 145 Å². The van der Waals surface area contributed by atoms with Crippen molar-refractivity contribution in [2.24, 2.45) is 0 Å². The lowest BCUT2D eigenvalue weighted by atomic mass is 9.96. The minimum atomic E-state index is -5.22. The molecule has 0 aliphatic heterocycles. The summed E-state index contributed by atoms with van der Waals surface area (Å²) < 4.78 is 212. The first-order valence-corrected chi connectivity index (χ1v) is 29.3. The summed E-state index contributed by atoms with van der Waals surface area (Å²) in [6, 6.07) is 25.8. The van der Waals surface area contributed by atoms with E-state index in [-0.39, 0.29) is 43.5 Å². The molecule has 338 valence electrons. The van der Waals surface area contributed by atoms with Gasteiger partial charge in [-0.05, 0) is 120 Å². The van der Waals surface area contributed by atoms with Crippen LogP contribution in [0.5, 0.6) is 0 Å². The van der Waals surface area contributed by atoms with E-state index in [9.17, 15) is 77.8 Å². The van der Waals surface area contributed by atoms with E-state index in [4.69, 9.17) is 0 Å². The molecule has 6 rings (SSSR count). The Hall–Kier alpha value is -4.36. The summed E-state index contributed by atoms with van der Waals surface area (Å²) in [7, 11) is -34.4. The van der Waals surface area contributed by atoms with Crippen LogP contribution >= 0.6 is 15.8 Å². The van der Waals surface area contributed by atoms with E-state index in [1.54, 1.807) is 0 Å². The molecule has 0 heterocycles. The molecule has 18 nitrogen and oxygen atoms in total. The van der Waals surface area contributed by atoms with E-state index >= 15 is 0 Å². The van der Waals surface area contributed by atoms with Gasteiger partial charge < -0.3 is 0 Å². The molecule has 0 amide bonds. The number of hydrogen-bond donors (Lipinski definition) is 6. The molecule has 6 aromatic carbocycles. The fourth-order valence-corrected chi connectivity index (χ4v) is 15.7. The third-order valence-electron chi connectivity index (χ3n) is 9.45. The lowest BCUT2D eigenvalue weighted by Crippen LogP contribution is -2.18. The first-order valence-electron chi connectivity index (χ1n) is 17.6. The zero-order valence-electron chi connectivity index (χ0n) is 32.0. The molecular weight excluding hydrogens is 999 g/mol. The summed E-state index contributed by atoms with van der Waals surface area (Å²) >= 11 is 0. The van der Waals surface area contributed by atoms with Crippen molar-refractivity contribution in [3.63, 3.8) is 0 Å². The second kappa shape index (κ2) is 18.1. The van der Waals surface area contributed by atoms with Gasteiger partial charge in [-0.3, -0.25) is 27.3 Å². The number of rotatable bonds is 15. The van der Waals surface area contributed by atoms with E-state index in [0.717, 1.165) is 60.7 Å². The van der Waals surface area contributed by atoms with Crippen LogP contribution in [-0.4, -0.2) is 77.8 Å². The fraction of sp³-hybridized carbons (Fsp3) is 0.0526. The van der Waals surface area contributed by atoms with Crippen molar-refractivity contribution in [2.75, 3.05) is 0 Å². The molecule has 0 aliphatic rings. The standard InChI is InChI=1S/C38H32O18P2S6/c39-59(40,41)29-11-1-7-25(19-29)57(26-8-2-12-30(20-26)60(42,43)44)23-35-33(15-5-17-37(35)63(51,52)53)34-16-6-18-38(64(54,55)56)36(34)24-58(27-9-3-13-31(21-27)61(45,46)47)28-10-4-14-32(22-28)62(48,49)50/h1-22H,23-24H2,(H,39,40,41)(H,42,43,44)(H,45,46,47)(H,48,49,50)(H,51,52,53)(H,54,55,56). The molecule has 26 heteroatoms. The maximum Gasteiger partial charge on any atom is 0.294 e. The Labute approximate surface area is 370 Å². The van der Waals surface area contributed by atoms with Gasteiger partial charge in [-0.1, -0.05) is 72.8 Å². The van der Waals surface area contributed by atoms with Crippen molar-refractivity contribution >= 4 is 97.8 Å². The SMILES string of the molecule is O=S(=O)(O)c1cccc(P(Cc2c(-c3cccc(S(=O)(=O)O)c3CP(c3cccc(S(=O)(=O)O)c3)c3cccc(S(=O)(=O)O)c3)cccc2S(=O)(=O)O)c2cccc(S(=O)(=O)O)c2)c1. The summed E-state index contributed by atoms with van der Waals surface area (Å²) in [4.78, 5) is -3.97. The topological polar surface area (TPSA) is 326 Å². The van der Waals surface area contributed by atoms with Gasteiger partial charge in [0.15, 0.2) is 0 Å². The predicted molar refractivity (Wildman–Crippen MR) is 236 cm³/mol. The zero-order chi connectivity index (χ0) is 47.2. The van der Waals surface area contributed by atoms with Crippen LogP contribution in [0.25, 0.3) is 11.1 Å². The summed E-state index contributed by atoms with van der Waals surface area (Å²) in [6.07, 6.45) is -1.05.